The molecule has 0 aliphatic heterocycles. The fourth-order valence-corrected chi connectivity index (χ4v) is 4.87. The molecule has 0 saturated heterocycles. The topological polar surface area (TPSA) is 139 Å². The third-order valence-corrected chi connectivity index (χ3v) is 7.16. The first-order valence-electron chi connectivity index (χ1n) is 12.2. The van der Waals surface area contributed by atoms with Crippen molar-refractivity contribution in [1.29, 1.82) is 0 Å². The van der Waals surface area contributed by atoms with Gasteiger partial charge >= 0.3 is 35.7 Å². The number of benzene rings is 2. The number of nitrogens with zero attached hydrogens (tertiary/aromatic N) is 6. The Labute approximate surface area is 274 Å². The monoisotopic (exact) mass is 652 g/mol. The molecular weight excluding hydrogens is 635 g/mol. The maximum atomic E-state index is 14.4. The number of aryl methyl sites for hydroxylation is 1. The van der Waals surface area contributed by atoms with E-state index in [1.807, 2.05) is 0 Å². The summed E-state index contributed by atoms with van der Waals surface area (Å²) in [5, 5.41) is 8.62. The van der Waals surface area contributed by atoms with Crippen molar-refractivity contribution >= 4 is 30.8 Å². The van der Waals surface area contributed by atoms with Crippen LogP contribution < -0.4 is 40.0 Å². The van der Waals surface area contributed by atoms with Gasteiger partial charge in [0, 0.05) is 16.3 Å². The third kappa shape index (κ3) is 6.96. The molecule has 3 heterocycles. The molecule has 0 aliphatic rings. The second-order valence-corrected chi connectivity index (χ2v) is 10.8. The first-order chi connectivity index (χ1) is 20.3. The molecule has 5 rings (SSSR count). The smallest absolute Gasteiger partial charge is 0.756 e. The van der Waals surface area contributed by atoms with Crippen LogP contribution in [0.4, 0.5) is 18.9 Å². The third-order valence-electron chi connectivity index (χ3n) is 6.45. The van der Waals surface area contributed by atoms with Crippen LogP contribution in [0.15, 0.2) is 65.5 Å². The van der Waals surface area contributed by atoms with E-state index < -0.39 is 31.9 Å². The average Bonchev–Trinajstić information content (AvgIpc) is 3.37. The first-order valence-corrected chi connectivity index (χ1v) is 14.1. The molecular formula is C27H18ClF3N6NaO5P. The van der Waals surface area contributed by atoms with Crippen molar-refractivity contribution in [3.05, 3.63) is 110 Å². The van der Waals surface area contributed by atoms with Crippen LogP contribution in [0, 0.1) is 13.5 Å². The number of phosphoric ester groups is 1. The molecule has 3 aromatic heterocycles. The first kappa shape index (κ1) is 33.5. The zero-order valence-electron chi connectivity index (χ0n) is 22.9. The van der Waals surface area contributed by atoms with Gasteiger partial charge in [0.15, 0.2) is 17.2 Å². The summed E-state index contributed by atoms with van der Waals surface area (Å²) in [7, 11) is -5.22. The van der Waals surface area contributed by atoms with Crippen LogP contribution in [0.3, 0.4) is 0 Å². The summed E-state index contributed by atoms with van der Waals surface area (Å²) in [6, 6.07) is 14.6. The predicted octanol–water partition coefficient (Wildman–Crippen LogP) is 2.18. The second-order valence-electron chi connectivity index (χ2n) is 9.21. The van der Waals surface area contributed by atoms with Crippen LogP contribution in [-0.4, -0.2) is 29.3 Å². The molecule has 0 amide bonds. The van der Waals surface area contributed by atoms with Crippen LogP contribution in [0.2, 0.25) is 5.02 Å². The van der Waals surface area contributed by atoms with E-state index in [0.29, 0.717) is 21.8 Å². The Balaban J connectivity index is 0.00000442. The minimum Gasteiger partial charge on any atom is -0.756 e. The normalized spacial score (nSPS) is 12.9. The van der Waals surface area contributed by atoms with E-state index in [1.54, 1.807) is 36.4 Å². The van der Waals surface area contributed by atoms with Gasteiger partial charge in [-0.1, -0.05) is 54.1 Å². The van der Waals surface area contributed by atoms with E-state index in [-0.39, 0.29) is 70.0 Å². The van der Waals surface area contributed by atoms with Crippen LogP contribution in [0.1, 0.15) is 22.8 Å². The number of halogens is 4. The quantitative estimate of drug-likeness (QED) is 0.160. The average molecular weight is 653 g/mol. The van der Waals surface area contributed by atoms with E-state index in [9.17, 15) is 32.3 Å². The van der Waals surface area contributed by atoms with Crippen LogP contribution in [0.25, 0.3) is 32.7 Å². The molecule has 2 aromatic carbocycles. The van der Waals surface area contributed by atoms with Crippen molar-refractivity contribution in [2.45, 2.75) is 26.3 Å². The Hall–Kier alpha value is -3.38. The van der Waals surface area contributed by atoms with E-state index in [1.165, 1.54) is 29.6 Å². The summed E-state index contributed by atoms with van der Waals surface area (Å²) < 4.78 is 58.0. The Morgan fingerprint density at radius 1 is 1.05 bits per heavy atom. The fraction of sp³-hybridized carbons (Fsp3) is 0.148. The summed E-state index contributed by atoms with van der Waals surface area (Å²) in [5.74, 6) is -0.208. The Morgan fingerprint density at radius 3 is 2.23 bits per heavy atom. The molecule has 0 radical (unpaired) electrons. The van der Waals surface area contributed by atoms with Crippen LogP contribution in [0.5, 0.6) is 0 Å². The summed E-state index contributed by atoms with van der Waals surface area (Å²) in [5.41, 5.74) is 0.0721. The summed E-state index contributed by atoms with van der Waals surface area (Å²) in [4.78, 5) is 42.0. The Morgan fingerprint density at radius 2 is 1.66 bits per heavy atom. The maximum Gasteiger partial charge on any atom is 1.00 e. The number of aromatic nitrogens is 5. The second kappa shape index (κ2) is 12.9. The van der Waals surface area contributed by atoms with E-state index >= 15 is 0 Å². The summed E-state index contributed by atoms with van der Waals surface area (Å²) >= 11 is 6.10. The molecule has 0 bridgehead atoms. The molecule has 11 nitrogen and oxygen atoms in total. The zero-order chi connectivity index (χ0) is 31.1. The maximum absolute atomic E-state index is 14.4. The molecule has 1 atom stereocenters. The molecule has 5 aromatic rings. The van der Waals surface area contributed by atoms with Gasteiger partial charge < -0.3 is 14.3 Å². The van der Waals surface area contributed by atoms with Crippen LogP contribution >= 0.6 is 19.4 Å². The van der Waals surface area contributed by atoms with Gasteiger partial charge in [-0.3, -0.25) is 9.36 Å². The van der Waals surface area contributed by atoms with Crippen molar-refractivity contribution in [1.82, 2.24) is 24.4 Å². The minimum absolute atomic E-state index is 0. The molecule has 0 fully saturated rings. The fourth-order valence-electron chi connectivity index (χ4n) is 4.47. The van der Waals surface area contributed by atoms with Crippen molar-refractivity contribution in [3.8, 4) is 22.3 Å². The van der Waals surface area contributed by atoms with Crippen molar-refractivity contribution in [2.24, 2.45) is 0 Å². The molecule has 17 heteroatoms. The number of fused-ring (bicyclic) bond motifs is 1. The van der Waals surface area contributed by atoms with Gasteiger partial charge in [0.25, 0.3) is 13.4 Å². The molecule has 1 unspecified atom stereocenters. The molecule has 1 N–H and O–H groups in total. The Kier molecular flexibility index (Phi) is 9.84. The molecule has 220 valence electrons. The minimum atomic E-state index is -5.22. The summed E-state index contributed by atoms with van der Waals surface area (Å²) in [6.45, 7) is 7.47. The SMILES string of the molecule is [C-]#[N+]c1ccc(-c2c(-c3ccc(Cl)cc3)c3nnc(COP(=O)([O-])O)n3n(Cc3ccc(C(F)(F)F)nc3C)c2=O)cc1.[Na+]. The van der Waals surface area contributed by atoms with Gasteiger partial charge in [0.2, 0.25) is 0 Å². The largest absolute Gasteiger partial charge is 1.00 e. The molecule has 0 saturated carbocycles. The number of pyridine rings is 1. The summed E-state index contributed by atoms with van der Waals surface area (Å²) in [6.07, 6.45) is -4.69. The van der Waals surface area contributed by atoms with Gasteiger partial charge in [0.1, 0.15) is 12.3 Å². The number of rotatable bonds is 7. The van der Waals surface area contributed by atoms with Gasteiger partial charge in [-0.15, -0.1) is 10.2 Å². The Bertz CT molecular complexity index is 2010. The molecule has 0 spiro atoms. The predicted molar refractivity (Wildman–Crippen MR) is 147 cm³/mol. The van der Waals surface area contributed by atoms with Gasteiger partial charge in [-0.25, -0.2) is 19.0 Å². The number of alkyl halides is 3. The van der Waals surface area contributed by atoms with Gasteiger partial charge in [-0.2, -0.15) is 13.2 Å². The number of hydrogen-bond acceptors (Lipinski definition) is 7. The number of phosphoric acid groups is 1. The van der Waals surface area contributed by atoms with Crippen LogP contribution in [-0.2, 0) is 28.4 Å². The van der Waals surface area contributed by atoms with Crippen molar-refractivity contribution < 1.29 is 61.6 Å². The molecule has 44 heavy (non-hydrogen) atoms. The standard InChI is InChI=1S/C27H19ClF3N6O5P.Na/c1-15-18(7-12-21(33-15)27(29,30)31)13-36-26(38)24(17-5-10-20(32-2)11-6-17)23(16-3-8-19(28)9-4-16)25-35-34-22(37(25)36)14-42-43(39,40)41;/h3-12H,13-14H2,1H3,(H2,39,40,41);/q;+1/p-1. The van der Waals surface area contributed by atoms with E-state index in [4.69, 9.17) is 18.2 Å². The van der Waals surface area contributed by atoms with E-state index in [0.717, 1.165) is 10.7 Å². The molecule has 0 aliphatic carbocycles. The van der Waals surface area contributed by atoms with Crippen molar-refractivity contribution in [2.75, 3.05) is 0 Å². The zero-order valence-corrected chi connectivity index (χ0v) is 26.6. The van der Waals surface area contributed by atoms with Gasteiger partial charge in [-0.05, 0) is 41.8 Å². The van der Waals surface area contributed by atoms with Gasteiger partial charge in [0.05, 0.1) is 18.7 Å². The van der Waals surface area contributed by atoms with Crippen molar-refractivity contribution in [3.63, 3.8) is 0 Å². The number of hydrogen-bond donors (Lipinski definition) is 1. The van der Waals surface area contributed by atoms with E-state index in [2.05, 4.69) is 24.6 Å².